The van der Waals surface area contributed by atoms with Gasteiger partial charge in [-0.3, -0.25) is 14.8 Å². The molecule has 0 saturated carbocycles. The zero-order chi connectivity index (χ0) is 21.2. The third-order valence-corrected chi connectivity index (χ3v) is 5.95. The molecule has 30 heavy (non-hydrogen) atoms. The largest absolute Gasteiger partial charge is 0.379 e. The second-order valence-corrected chi connectivity index (χ2v) is 8.47. The maximum absolute atomic E-state index is 5.51. The molecule has 168 valence electrons. The van der Waals surface area contributed by atoms with Crippen LogP contribution >= 0.6 is 0 Å². The zero-order valence-corrected chi connectivity index (χ0v) is 18.9. The Labute approximate surface area is 181 Å². The fourth-order valence-corrected chi connectivity index (χ4v) is 4.16. The molecule has 0 aromatic heterocycles. The molecular formula is C23H39N5O2. The van der Waals surface area contributed by atoms with E-state index in [1.807, 2.05) is 7.05 Å². The highest BCUT2D eigenvalue weighted by Gasteiger charge is 2.23. The van der Waals surface area contributed by atoms with Crippen molar-refractivity contribution < 1.29 is 9.47 Å². The number of rotatable bonds is 8. The Morgan fingerprint density at radius 3 is 2.33 bits per heavy atom. The van der Waals surface area contributed by atoms with Gasteiger partial charge in [0.1, 0.15) is 0 Å². The van der Waals surface area contributed by atoms with Gasteiger partial charge in [-0.2, -0.15) is 0 Å². The Morgan fingerprint density at radius 1 is 1.00 bits per heavy atom. The monoisotopic (exact) mass is 417 g/mol. The van der Waals surface area contributed by atoms with Gasteiger partial charge in [-0.15, -0.1) is 0 Å². The minimum atomic E-state index is 0.476. The van der Waals surface area contributed by atoms with Crippen LogP contribution < -0.4 is 10.6 Å². The molecule has 2 saturated heterocycles. The first kappa shape index (κ1) is 23.0. The number of nitrogens with zero attached hydrogens (tertiary/aromatic N) is 3. The van der Waals surface area contributed by atoms with Crippen LogP contribution in [0.15, 0.2) is 29.3 Å². The highest BCUT2D eigenvalue weighted by molar-refractivity contribution is 5.79. The summed E-state index contributed by atoms with van der Waals surface area (Å²) in [6.45, 7) is 14.6. The first-order valence-electron chi connectivity index (χ1n) is 11.3. The summed E-state index contributed by atoms with van der Waals surface area (Å²) in [5, 5.41) is 7.01. The summed E-state index contributed by atoms with van der Waals surface area (Å²) >= 11 is 0. The van der Waals surface area contributed by atoms with Gasteiger partial charge in [-0.1, -0.05) is 38.1 Å². The molecule has 0 aliphatic carbocycles. The summed E-state index contributed by atoms with van der Waals surface area (Å²) in [7, 11) is 1.84. The Morgan fingerprint density at radius 2 is 1.67 bits per heavy atom. The summed E-state index contributed by atoms with van der Waals surface area (Å²) < 4.78 is 11.0. The van der Waals surface area contributed by atoms with Gasteiger partial charge in [-0.05, 0) is 17.0 Å². The molecule has 1 unspecified atom stereocenters. The van der Waals surface area contributed by atoms with E-state index in [0.29, 0.717) is 12.0 Å². The third-order valence-electron chi connectivity index (χ3n) is 5.95. The average molecular weight is 418 g/mol. The molecule has 3 rings (SSSR count). The maximum Gasteiger partial charge on any atom is 0.191 e. The molecule has 0 amide bonds. The molecule has 0 spiro atoms. The van der Waals surface area contributed by atoms with Crippen molar-refractivity contribution in [3.8, 4) is 0 Å². The van der Waals surface area contributed by atoms with Crippen LogP contribution in [0.25, 0.3) is 0 Å². The predicted molar refractivity (Wildman–Crippen MR) is 122 cm³/mol. The third kappa shape index (κ3) is 7.23. The van der Waals surface area contributed by atoms with Crippen LogP contribution in [0.2, 0.25) is 0 Å². The lowest BCUT2D eigenvalue weighted by Crippen LogP contribution is -2.52. The Balaban J connectivity index is 1.48. The molecule has 1 aromatic rings. The van der Waals surface area contributed by atoms with Crippen molar-refractivity contribution >= 4 is 5.96 Å². The zero-order valence-electron chi connectivity index (χ0n) is 18.9. The Hall–Kier alpha value is -1.67. The minimum Gasteiger partial charge on any atom is -0.379 e. The highest BCUT2D eigenvalue weighted by Crippen LogP contribution is 2.13. The first-order valence-corrected chi connectivity index (χ1v) is 11.3. The quantitative estimate of drug-likeness (QED) is 0.494. The minimum absolute atomic E-state index is 0.476. The van der Waals surface area contributed by atoms with E-state index in [1.165, 1.54) is 11.1 Å². The standard InChI is InChI=1S/C23H39N5O2/c1-19(2)22(28-9-13-30-14-10-28)17-26-23(24-3)25-16-20-5-4-6-21(15-20)18-27-7-11-29-12-8-27/h4-6,15,19,22H,7-14,16-18H2,1-3H3,(H2,24,25,26). The van der Waals surface area contributed by atoms with Crippen LogP contribution in [0, 0.1) is 5.92 Å². The molecule has 2 heterocycles. The van der Waals surface area contributed by atoms with Gasteiger partial charge in [0.25, 0.3) is 0 Å². The molecule has 7 nitrogen and oxygen atoms in total. The van der Waals surface area contributed by atoms with Gasteiger partial charge < -0.3 is 20.1 Å². The number of guanidine groups is 1. The first-order chi connectivity index (χ1) is 14.7. The summed E-state index contributed by atoms with van der Waals surface area (Å²) in [4.78, 5) is 9.41. The van der Waals surface area contributed by atoms with E-state index in [-0.39, 0.29) is 0 Å². The Kier molecular flexibility index (Phi) is 9.39. The smallest absolute Gasteiger partial charge is 0.191 e. The number of ether oxygens (including phenoxy) is 2. The lowest BCUT2D eigenvalue weighted by Gasteiger charge is -2.37. The second-order valence-electron chi connectivity index (χ2n) is 8.47. The van der Waals surface area contributed by atoms with Gasteiger partial charge >= 0.3 is 0 Å². The molecule has 2 aliphatic rings. The lowest BCUT2D eigenvalue weighted by atomic mass is 10.0. The SMILES string of the molecule is CN=C(NCc1cccc(CN2CCOCC2)c1)NCC(C(C)C)N1CCOCC1. The van der Waals surface area contributed by atoms with Crippen LogP contribution in [0.1, 0.15) is 25.0 Å². The molecular weight excluding hydrogens is 378 g/mol. The summed E-state index contributed by atoms with van der Waals surface area (Å²) in [5.74, 6) is 1.43. The van der Waals surface area contributed by atoms with E-state index in [1.54, 1.807) is 0 Å². The van der Waals surface area contributed by atoms with E-state index in [4.69, 9.17) is 9.47 Å². The van der Waals surface area contributed by atoms with E-state index in [2.05, 4.69) is 63.5 Å². The van der Waals surface area contributed by atoms with E-state index >= 15 is 0 Å². The molecule has 2 fully saturated rings. The summed E-state index contributed by atoms with van der Waals surface area (Å²) in [6, 6.07) is 9.30. The van der Waals surface area contributed by atoms with Crippen molar-refractivity contribution in [1.82, 2.24) is 20.4 Å². The van der Waals surface area contributed by atoms with Crippen molar-refractivity contribution in [3.05, 3.63) is 35.4 Å². The molecule has 1 aromatic carbocycles. The number of benzene rings is 1. The van der Waals surface area contributed by atoms with Crippen LogP contribution in [0.3, 0.4) is 0 Å². The van der Waals surface area contributed by atoms with Gasteiger partial charge in [0.05, 0.1) is 26.4 Å². The van der Waals surface area contributed by atoms with E-state index < -0.39 is 0 Å². The lowest BCUT2D eigenvalue weighted by molar-refractivity contribution is 0.00752. The average Bonchev–Trinajstić information content (AvgIpc) is 2.77. The topological polar surface area (TPSA) is 61.4 Å². The van der Waals surface area contributed by atoms with E-state index in [9.17, 15) is 0 Å². The summed E-state index contributed by atoms with van der Waals surface area (Å²) in [5.41, 5.74) is 2.63. The second kappa shape index (κ2) is 12.2. The Bertz CT molecular complexity index is 655. The number of hydrogen-bond donors (Lipinski definition) is 2. The highest BCUT2D eigenvalue weighted by atomic mass is 16.5. The fraction of sp³-hybridized carbons (Fsp3) is 0.696. The number of hydrogen-bond acceptors (Lipinski definition) is 5. The number of morpholine rings is 2. The molecule has 0 bridgehead atoms. The van der Waals surface area contributed by atoms with Gasteiger partial charge in [0.2, 0.25) is 0 Å². The van der Waals surface area contributed by atoms with Crippen molar-refractivity contribution in [3.63, 3.8) is 0 Å². The normalized spacial score (nSPS) is 20.3. The van der Waals surface area contributed by atoms with Gasteiger partial charge in [0, 0.05) is 58.9 Å². The van der Waals surface area contributed by atoms with Crippen LogP contribution in [-0.4, -0.2) is 88.0 Å². The van der Waals surface area contributed by atoms with Crippen molar-refractivity contribution in [2.24, 2.45) is 10.9 Å². The number of aliphatic imine (C=N–C) groups is 1. The summed E-state index contributed by atoms with van der Waals surface area (Å²) in [6.07, 6.45) is 0. The van der Waals surface area contributed by atoms with Crippen molar-refractivity contribution in [2.75, 3.05) is 66.2 Å². The predicted octanol–water partition coefficient (Wildman–Crippen LogP) is 1.54. The van der Waals surface area contributed by atoms with Crippen molar-refractivity contribution in [1.29, 1.82) is 0 Å². The van der Waals surface area contributed by atoms with Gasteiger partial charge in [0.15, 0.2) is 5.96 Å². The van der Waals surface area contributed by atoms with E-state index in [0.717, 1.165) is 78.2 Å². The molecule has 0 radical (unpaired) electrons. The molecule has 2 aliphatic heterocycles. The van der Waals surface area contributed by atoms with Crippen LogP contribution in [0.5, 0.6) is 0 Å². The molecule has 7 heteroatoms. The van der Waals surface area contributed by atoms with Gasteiger partial charge in [-0.25, -0.2) is 0 Å². The van der Waals surface area contributed by atoms with Crippen LogP contribution in [0.4, 0.5) is 0 Å². The van der Waals surface area contributed by atoms with Crippen molar-refractivity contribution in [2.45, 2.75) is 33.0 Å². The molecule has 2 N–H and O–H groups in total. The maximum atomic E-state index is 5.51. The fourth-order valence-electron chi connectivity index (χ4n) is 4.16. The number of nitrogens with one attached hydrogen (secondary N) is 2. The van der Waals surface area contributed by atoms with Crippen LogP contribution in [-0.2, 0) is 22.6 Å². The molecule has 1 atom stereocenters.